The molecule has 2 atom stereocenters. The molecule has 0 unspecified atom stereocenters. The molecule has 132 valence electrons. The summed E-state index contributed by atoms with van der Waals surface area (Å²) in [5, 5.41) is 5.77. The van der Waals surface area contributed by atoms with Gasteiger partial charge in [0.25, 0.3) is 0 Å². The predicted octanol–water partition coefficient (Wildman–Crippen LogP) is 1.47. The molecule has 2 N–H and O–H groups in total. The van der Waals surface area contributed by atoms with Gasteiger partial charge < -0.3 is 10.6 Å². The molecule has 24 heavy (non-hydrogen) atoms. The third-order valence-corrected chi connectivity index (χ3v) is 4.64. The maximum absolute atomic E-state index is 12.8. The van der Waals surface area contributed by atoms with Crippen molar-refractivity contribution in [3.8, 4) is 0 Å². The number of carbonyl (C=O) groups is 2. The Morgan fingerprint density at radius 1 is 1.17 bits per heavy atom. The summed E-state index contributed by atoms with van der Waals surface area (Å²) in [5.74, 6) is -0.236. The van der Waals surface area contributed by atoms with E-state index in [1.54, 1.807) is 12.1 Å². The van der Waals surface area contributed by atoms with Gasteiger partial charge in [-0.2, -0.15) is 0 Å². The standard InChI is InChI=1S/C18H26FN3O2/c1-13(23)21-12-17-8-7-16(22(17)2)11-18(24)20-10-9-14-3-5-15(19)6-4-14/h3-6,16-17H,7-12H2,1-2H3,(H,20,24)(H,21,23)/t16-,17+/m0/s1. The molecule has 0 aromatic heterocycles. The summed E-state index contributed by atoms with van der Waals surface area (Å²) in [4.78, 5) is 25.3. The fraction of sp³-hybridized carbons (Fsp3) is 0.556. The van der Waals surface area contributed by atoms with Crippen LogP contribution in [0, 0.1) is 5.82 Å². The highest BCUT2D eigenvalue weighted by Crippen LogP contribution is 2.24. The summed E-state index contributed by atoms with van der Waals surface area (Å²) in [5.41, 5.74) is 1.00. The molecule has 1 fully saturated rings. The average molecular weight is 335 g/mol. The molecule has 0 bridgehead atoms. The van der Waals surface area contributed by atoms with Crippen molar-refractivity contribution in [2.24, 2.45) is 0 Å². The smallest absolute Gasteiger partial charge is 0.221 e. The van der Waals surface area contributed by atoms with Crippen molar-refractivity contribution < 1.29 is 14.0 Å². The molecule has 2 amide bonds. The molecule has 5 nitrogen and oxygen atoms in total. The number of halogens is 1. The molecule has 1 heterocycles. The molecule has 6 heteroatoms. The second-order valence-corrected chi connectivity index (χ2v) is 6.42. The van der Waals surface area contributed by atoms with Gasteiger partial charge in [-0.25, -0.2) is 4.39 Å². The summed E-state index contributed by atoms with van der Waals surface area (Å²) in [6.45, 7) is 2.70. The largest absolute Gasteiger partial charge is 0.356 e. The Morgan fingerprint density at radius 3 is 2.50 bits per heavy atom. The third-order valence-electron chi connectivity index (χ3n) is 4.64. The van der Waals surface area contributed by atoms with E-state index >= 15 is 0 Å². The maximum atomic E-state index is 12.8. The normalized spacial score (nSPS) is 20.8. The van der Waals surface area contributed by atoms with Gasteiger partial charge in [0, 0.05) is 38.5 Å². The van der Waals surface area contributed by atoms with Crippen LogP contribution in [0.3, 0.4) is 0 Å². The van der Waals surface area contributed by atoms with Gasteiger partial charge in [0.15, 0.2) is 0 Å². The molecular weight excluding hydrogens is 309 g/mol. The van der Waals surface area contributed by atoms with Crippen LogP contribution in [0.1, 0.15) is 31.7 Å². The molecule has 0 spiro atoms. The van der Waals surface area contributed by atoms with E-state index in [2.05, 4.69) is 15.5 Å². The molecular formula is C18H26FN3O2. The van der Waals surface area contributed by atoms with Crippen LogP contribution in [0.5, 0.6) is 0 Å². The highest BCUT2D eigenvalue weighted by atomic mass is 19.1. The van der Waals surface area contributed by atoms with E-state index in [1.165, 1.54) is 19.1 Å². The highest BCUT2D eigenvalue weighted by Gasteiger charge is 2.31. The molecule has 1 aliphatic rings. The predicted molar refractivity (Wildman–Crippen MR) is 91.0 cm³/mol. The molecule has 1 aliphatic heterocycles. The summed E-state index contributed by atoms with van der Waals surface area (Å²) < 4.78 is 12.8. The Morgan fingerprint density at radius 2 is 1.83 bits per heavy atom. The maximum Gasteiger partial charge on any atom is 0.221 e. The van der Waals surface area contributed by atoms with Gasteiger partial charge in [-0.3, -0.25) is 14.5 Å². The number of hydrogen-bond donors (Lipinski definition) is 2. The van der Waals surface area contributed by atoms with E-state index in [1.807, 2.05) is 7.05 Å². The molecule has 1 aromatic rings. The Bertz CT molecular complexity index is 562. The van der Waals surface area contributed by atoms with Crippen LogP contribution >= 0.6 is 0 Å². The van der Waals surface area contributed by atoms with E-state index in [4.69, 9.17) is 0 Å². The molecule has 0 aliphatic carbocycles. The number of rotatable bonds is 7. The van der Waals surface area contributed by atoms with Crippen molar-refractivity contribution in [2.45, 2.75) is 44.7 Å². The van der Waals surface area contributed by atoms with E-state index < -0.39 is 0 Å². The number of nitrogens with one attached hydrogen (secondary N) is 2. The number of carbonyl (C=O) groups excluding carboxylic acids is 2. The zero-order valence-corrected chi connectivity index (χ0v) is 14.3. The van der Waals surface area contributed by atoms with E-state index in [0.29, 0.717) is 32.0 Å². The third kappa shape index (κ3) is 5.60. The van der Waals surface area contributed by atoms with Crippen molar-refractivity contribution in [2.75, 3.05) is 20.1 Å². The van der Waals surface area contributed by atoms with Crippen molar-refractivity contribution >= 4 is 11.8 Å². The molecule has 0 saturated carbocycles. The Labute approximate surface area is 142 Å². The molecule has 1 aromatic carbocycles. The Kier molecular flexibility index (Phi) is 6.73. The van der Waals surface area contributed by atoms with Gasteiger partial charge in [0.2, 0.25) is 11.8 Å². The second-order valence-electron chi connectivity index (χ2n) is 6.42. The van der Waals surface area contributed by atoms with Gasteiger partial charge in [0.1, 0.15) is 5.82 Å². The van der Waals surface area contributed by atoms with E-state index in [-0.39, 0.29) is 23.7 Å². The summed E-state index contributed by atoms with van der Waals surface area (Å²) in [6, 6.07) is 6.85. The summed E-state index contributed by atoms with van der Waals surface area (Å²) in [6.07, 6.45) is 3.12. The minimum Gasteiger partial charge on any atom is -0.356 e. The average Bonchev–Trinajstić information content (AvgIpc) is 2.88. The van der Waals surface area contributed by atoms with Crippen LogP contribution in [0.4, 0.5) is 4.39 Å². The highest BCUT2D eigenvalue weighted by molar-refractivity contribution is 5.76. The zero-order valence-electron chi connectivity index (χ0n) is 14.3. The van der Waals surface area contributed by atoms with Gasteiger partial charge in [0.05, 0.1) is 0 Å². The minimum absolute atomic E-state index is 0.0228. The van der Waals surface area contributed by atoms with Crippen LogP contribution in [-0.2, 0) is 16.0 Å². The lowest BCUT2D eigenvalue weighted by Crippen LogP contribution is -2.42. The first-order valence-electron chi connectivity index (χ1n) is 8.43. The van der Waals surface area contributed by atoms with Crippen LogP contribution in [0.25, 0.3) is 0 Å². The first-order valence-corrected chi connectivity index (χ1v) is 8.43. The van der Waals surface area contributed by atoms with Crippen LogP contribution < -0.4 is 10.6 Å². The number of hydrogen-bond acceptors (Lipinski definition) is 3. The van der Waals surface area contributed by atoms with Gasteiger partial charge in [-0.05, 0) is 44.0 Å². The zero-order chi connectivity index (χ0) is 17.5. The SMILES string of the molecule is CC(=O)NC[C@H]1CC[C@@H](CC(=O)NCCc2ccc(F)cc2)N1C. The van der Waals surface area contributed by atoms with Crippen molar-refractivity contribution in [3.05, 3.63) is 35.6 Å². The summed E-state index contributed by atoms with van der Waals surface area (Å²) in [7, 11) is 2.01. The van der Waals surface area contributed by atoms with E-state index in [9.17, 15) is 14.0 Å². The number of likely N-dealkylation sites (N-methyl/N-ethyl adjacent to an activating group) is 1. The lowest BCUT2D eigenvalue weighted by atomic mass is 10.1. The first-order chi connectivity index (χ1) is 11.5. The van der Waals surface area contributed by atoms with E-state index in [0.717, 1.165) is 18.4 Å². The molecule has 2 rings (SSSR count). The minimum atomic E-state index is -0.249. The lowest BCUT2D eigenvalue weighted by molar-refractivity contribution is -0.122. The Balaban J connectivity index is 1.68. The molecule has 0 radical (unpaired) electrons. The second kappa shape index (κ2) is 8.78. The number of nitrogens with zero attached hydrogens (tertiary/aromatic N) is 1. The van der Waals surface area contributed by atoms with Crippen molar-refractivity contribution in [1.29, 1.82) is 0 Å². The lowest BCUT2D eigenvalue weighted by Gasteiger charge is -2.25. The molecule has 1 saturated heterocycles. The topological polar surface area (TPSA) is 61.4 Å². The Hall–Kier alpha value is -1.95. The van der Waals surface area contributed by atoms with Crippen LogP contribution in [0.2, 0.25) is 0 Å². The number of likely N-dealkylation sites (tertiary alicyclic amines) is 1. The monoisotopic (exact) mass is 335 g/mol. The van der Waals surface area contributed by atoms with Crippen molar-refractivity contribution in [1.82, 2.24) is 15.5 Å². The first kappa shape index (κ1) is 18.4. The van der Waals surface area contributed by atoms with Crippen LogP contribution in [-0.4, -0.2) is 48.9 Å². The van der Waals surface area contributed by atoms with Gasteiger partial charge in [-0.1, -0.05) is 12.1 Å². The quantitative estimate of drug-likeness (QED) is 0.793. The van der Waals surface area contributed by atoms with Crippen LogP contribution in [0.15, 0.2) is 24.3 Å². The van der Waals surface area contributed by atoms with Gasteiger partial charge in [-0.15, -0.1) is 0 Å². The van der Waals surface area contributed by atoms with Crippen molar-refractivity contribution in [3.63, 3.8) is 0 Å². The van der Waals surface area contributed by atoms with Gasteiger partial charge >= 0.3 is 0 Å². The fourth-order valence-electron chi connectivity index (χ4n) is 3.13. The fourth-order valence-corrected chi connectivity index (χ4v) is 3.13. The summed E-state index contributed by atoms with van der Waals surface area (Å²) >= 11 is 0. The number of amides is 2. The number of benzene rings is 1.